The van der Waals surface area contributed by atoms with Gasteiger partial charge in [-0.05, 0) is 25.4 Å². The Labute approximate surface area is 81.5 Å². The monoisotopic (exact) mass is 210 g/mol. The van der Waals surface area contributed by atoms with Gasteiger partial charge in [-0.1, -0.05) is 6.92 Å². The van der Waals surface area contributed by atoms with Gasteiger partial charge in [0.05, 0.1) is 0 Å². The van der Waals surface area contributed by atoms with Gasteiger partial charge in [-0.3, -0.25) is 0 Å². The highest BCUT2D eigenvalue weighted by atomic mass is 35.5. The third-order valence-electron chi connectivity index (χ3n) is 2.22. The molecule has 1 unspecified atom stereocenters. The number of hydrogen-bond donors (Lipinski definition) is 0. The molecule has 0 rings (SSSR count). The average molecular weight is 211 g/mol. The van der Waals surface area contributed by atoms with Gasteiger partial charge in [-0.2, -0.15) is 0 Å². The molecule has 0 aliphatic rings. The summed E-state index contributed by atoms with van der Waals surface area (Å²) in [7, 11) is 1.57. The molecule has 0 bridgehead atoms. The van der Waals surface area contributed by atoms with Crippen molar-refractivity contribution in [2.45, 2.75) is 37.7 Å². The second-order valence-corrected chi connectivity index (χ2v) is 7.29. The number of halogens is 1. The highest BCUT2D eigenvalue weighted by Crippen LogP contribution is 2.18. The molecular formula is C8H19ClO2Si. The first-order chi connectivity index (χ1) is 5.58. The molecule has 0 saturated carbocycles. The Bertz CT molecular complexity index is 118. The Morgan fingerprint density at radius 2 is 1.83 bits per heavy atom. The molecule has 0 aliphatic carbocycles. The smallest absolute Gasteiger partial charge is 0.334 e. The van der Waals surface area contributed by atoms with Crippen LogP contribution in [0.1, 0.15) is 19.8 Å². The average Bonchev–Trinajstić information content (AvgIpc) is 2.13. The molecule has 1 atom stereocenters. The molecule has 0 heterocycles. The lowest BCUT2D eigenvalue weighted by molar-refractivity contribution is 0.248. The first-order valence-corrected chi connectivity index (χ1v) is 7.28. The predicted molar refractivity (Wildman–Crippen MR) is 55.0 cm³/mol. The fourth-order valence-corrected chi connectivity index (χ4v) is 2.65. The quantitative estimate of drug-likeness (QED) is 0.496. The molecule has 0 N–H and O–H groups in total. The van der Waals surface area contributed by atoms with Crippen molar-refractivity contribution in [2.24, 2.45) is 0 Å². The third-order valence-corrected chi connectivity index (χ3v) is 5.67. The van der Waals surface area contributed by atoms with E-state index >= 15 is 0 Å². The summed E-state index contributed by atoms with van der Waals surface area (Å²) in [6.07, 6.45) is 2.00. The molecule has 0 fully saturated rings. The normalized spacial score (nSPS) is 14.8. The summed E-state index contributed by atoms with van der Waals surface area (Å²) < 4.78 is 10.7. The van der Waals surface area contributed by atoms with E-state index in [1.165, 1.54) is 0 Å². The van der Waals surface area contributed by atoms with Crippen LogP contribution in [0.25, 0.3) is 0 Å². The van der Waals surface area contributed by atoms with Crippen LogP contribution >= 0.6 is 11.6 Å². The highest BCUT2D eigenvalue weighted by Gasteiger charge is 2.28. The molecule has 2 nitrogen and oxygen atoms in total. The maximum Gasteiger partial charge on any atom is 0.334 e. The number of hydrogen-bond acceptors (Lipinski definition) is 2. The summed E-state index contributed by atoms with van der Waals surface area (Å²) in [6, 6.07) is 0.974. The van der Waals surface area contributed by atoms with Crippen LogP contribution in [-0.4, -0.2) is 28.2 Å². The largest absolute Gasteiger partial charge is 0.398 e. The van der Waals surface area contributed by atoms with Crippen molar-refractivity contribution in [1.82, 2.24) is 0 Å². The van der Waals surface area contributed by atoms with Crippen LogP contribution in [-0.2, 0) is 8.85 Å². The summed E-state index contributed by atoms with van der Waals surface area (Å²) in [6.45, 7) is 4.16. The van der Waals surface area contributed by atoms with Crippen LogP contribution in [0.2, 0.25) is 12.6 Å². The molecule has 0 radical (unpaired) electrons. The zero-order chi connectivity index (χ0) is 9.61. The zero-order valence-electron chi connectivity index (χ0n) is 8.39. The first-order valence-electron chi connectivity index (χ1n) is 4.32. The SMILES string of the molecule is CCC(Cl)CC[Si](C)(OC)OC. The molecular weight excluding hydrogens is 192 g/mol. The fourth-order valence-electron chi connectivity index (χ4n) is 0.910. The fraction of sp³-hybridized carbons (Fsp3) is 1.00. The Balaban J connectivity index is 3.72. The van der Waals surface area contributed by atoms with E-state index in [1.807, 2.05) is 0 Å². The van der Waals surface area contributed by atoms with Crippen molar-refractivity contribution < 1.29 is 8.85 Å². The lowest BCUT2D eigenvalue weighted by atomic mass is 10.3. The topological polar surface area (TPSA) is 18.5 Å². The minimum atomic E-state index is -1.86. The van der Waals surface area contributed by atoms with Gasteiger partial charge >= 0.3 is 8.56 Å². The van der Waals surface area contributed by atoms with Gasteiger partial charge < -0.3 is 8.85 Å². The minimum Gasteiger partial charge on any atom is -0.398 e. The van der Waals surface area contributed by atoms with Gasteiger partial charge in [0, 0.05) is 19.6 Å². The van der Waals surface area contributed by atoms with Crippen molar-refractivity contribution in [3.63, 3.8) is 0 Å². The Morgan fingerprint density at radius 1 is 1.33 bits per heavy atom. The summed E-state index contributed by atoms with van der Waals surface area (Å²) in [5.74, 6) is 0. The van der Waals surface area contributed by atoms with E-state index in [1.54, 1.807) is 14.2 Å². The standard InChI is InChI=1S/C8H19ClO2Si/c1-5-8(9)6-7-12(4,10-2)11-3/h8H,5-7H2,1-4H3. The predicted octanol–water partition coefficient (Wildman–Crippen LogP) is 2.76. The van der Waals surface area contributed by atoms with E-state index in [9.17, 15) is 0 Å². The molecule has 0 saturated heterocycles. The van der Waals surface area contributed by atoms with Gasteiger partial charge in [-0.25, -0.2) is 0 Å². The molecule has 0 amide bonds. The van der Waals surface area contributed by atoms with Crippen molar-refractivity contribution in [3.8, 4) is 0 Å². The van der Waals surface area contributed by atoms with Gasteiger partial charge in [0.15, 0.2) is 0 Å². The van der Waals surface area contributed by atoms with E-state index < -0.39 is 8.56 Å². The van der Waals surface area contributed by atoms with Crippen molar-refractivity contribution in [2.75, 3.05) is 14.2 Å². The van der Waals surface area contributed by atoms with Crippen LogP contribution < -0.4 is 0 Å². The minimum absolute atomic E-state index is 0.266. The zero-order valence-corrected chi connectivity index (χ0v) is 10.1. The summed E-state index contributed by atoms with van der Waals surface area (Å²) in [5, 5.41) is 0.266. The second-order valence-electron chi connectivity index (χ2n) is 3.09. The van der Waals surface area contributed by atoms with Crippen LogP contribution in [0.5, 0.6) is 0 Å². The van der Waals surface area contributed by atoms with Crippen molar-refractivity contribution in [3.05, 3.63) is 0 Å². The molecule has 74 valence electrons. The summed E-state index contributed by atoms with van der Waals surface area (Å²) >= 11 is 6.00. The number of rotatable bonds is 6. The molecule has 4 heteroatoms. The van der Waals surface area contributed by atoms with Gasteiger partial charge in [0.1, 0.15) is 0 Å². The van der Waals surface area contributed by atoms with Crippen molar-refractivity contribution in [1.29, 1.82) is 0 Å². The Hall–Kier alpha value is 0.427. The van der Waals surface area contributed by atoms with E-state index in [0.717, 1.165) is 18.9 Å². The third kappa shape index (κ3) is 4.45. The van der Waals surface area contributed by atoms with Crippen LogP contribution in [0.15, 0.2) is 0 Å². The van der Waals surface area contributed by atoms with Gasteiger partial charge in [0.2, 0.25) is 0 Å². The van der Waals surface area contributed by atoms with E-state index in [-0.39, 0.29) is 5.38 Å². The molecule has 0 aliphatic heterocycles. The molecule has 12 heavy (non-hydrogen) atoms. The van der Waals surface area contributed by atoms with E-state index in [0.29, 0.717) is 0 Å². The van der Waals surface area contributed by atoms with E-state index in [4.69, 9.17) is 20.5 Å². The molecule has 0 aromatic heterocycles. The second kappa shape index (κ2) is 5.97. The number of alkyl halides is 1. The maximum absolute atomic E-state index is 6.00. The summed E-state index contributed by atoms with van der Waals surface area (Å²) in [5.41, 5.74) is 0. The molecule has 0 aromatic carbocycles. The van der Waals surface area contributed by atoms with E-state index in [2.05, 4.69) is 13.5 Å². The maximum atomic E-state index is 6.00. The van der Waals surface area contributed by atoms with Crippen LogP contribution in [0.4, 0.5) is 0 Å². The van der Waals surface area contributed by atoms with Crippen LogP contribution in [0, 0.1) is 0 Å². The lowest BCUT2D eigenvalue weighted by Crippen LogP contribution is -2.36. The summed E-state index contributed by atoms with van der Waals surface area (Å²) in [4.78, 5) is 0. The first kappa shape index (κ1) is 12.4. The van der Waals surface area contributed by atoms with Gasteiger partial charge in [0.25, 0.3) is 0 Å². The highest BCUT2D eigenvalue weighted by molar-refractivity contribution is 6.65. The van der Waals surface area contributed by atoms with Crippen molar-refractivity contribution >= 4 is 20.2 Å². The Kier molecular flexibility index (Phi) is 6.18. The van der Waals surface area contributed by atoms with Crippen LogP contribution in [0.3, 0.4) is 0 Å². The molecule has 0 aromatic rings. The molecule has 0 spiro atoms. The van der Waals surface area contributed by atoms with Gasteiger partial charge in [-0.15, -0.1) is 11.6 Å². The Morgan fingerprint density at radius 3 is 2.17 bits per heavy atom. The lowest BCUT2D eigenvalue weighted by Gasteiger charge is -2.23.